The van der Waals surface area contributed by atoms with Crippen LogP contribution in [0.1, 0.15) is 5.56 Å². The Balaban J connectivity index is 2.33. The van der Waals surface area contributed by atoms with Gasteiger partial charge in [-0.3, -0.25) is 5.41 Å². The highest BCUT2D eigenvalue weighted by Crippen LogP contribution is 2.31. The molecule has 3 N–H and O–H groups in total. The number of benzene rings is 2. The van der Waals surface area contributed by atoms with Gasteiger partial charge in [-0.25, -0.2) is 8.78 Å². The molecule has 0 saturated carbocycles. The van der Waals surface area contributed by atoms with E-state index in [1.54, 1.807) is 0 Å². The van der Waals surface area contributed by atoms with Crippen molar-refractivity contribution in [2.24, 2.45) is 5.73 Å². The lowest BCUT2D eigenvalue weighted by molar-refractivity contribution is 0.436. The number of hydrogen-bond acceptors (Lipinski definition) is 2. The van der Waals surface area contributed by atoms with Gasteiger partial charge in [0, 0.05) is 11.6 Å². The Morgan fingerprint density at radius 3 is 2.47 bits per heavy atom. The van der Waals surface area contributed by atoms with Crippen molar-refractivity contribution >= 4 is 17.4 Å². The first kappa shape index (κ1) is 13.3. The fourth-order valence-corrected chi connectivity index (χ4v) is 1.64. The SMILES string of the molecule is N=C(N)c1ccc(Oc2cc(F)ccc2F)c(Cl)c1. The fraction of sp³-hybridized carbons (Fsp3) is 0. The van der Waals surface area contributed by atoms with Crippen molar-refractivity contribution in [2.75, 3.05) is 0 Å². The summed E-state index contributed by atoms with van der Waals surface area (Å²) in [6.07, 6.45) is 0. The topological polar surface area (TPSA) is 59.1 Å². The molecule has 98 valence electrons. The minimum Gasteiger partial charge on any atom is -0.453 e. The summed E-state index contributed by atoms with van der Waals surface area (Å²) in [5, 5.41) is 7.40. The van der Waals surface area contributed by atoms with Gasteiger partial charge >= 0.3 is 0 Å². The minimum atomic E-state index is -0.701. The van der Waals surface area contributed by atoms with Crippen LogP contribution in [-0.4, -0.2) is 5.84 Å². The van der Waals surface area contributed by atoms with Crippen molar-refractivity contribution in [1.82, 2.24) is 0 Å². The second kappa shape index (κ2) is 5.24. The van der Waals surface area contributed by atoms with Crippen LogP contribution >= 0.6 is 11.6 Å². The van der Waals surface area contributed by atoms with Gasteiger partial charge in [0.1, 0.15) is 17.4 Å². The van der Waals surface area contributed by atoms with Gasteiger partial charge in [-0.05, 0) is 30.3 Å². The van der Waals surface area contributed by atoms with E-state index >= 15 is 0 Å². The first-order valence-corrected chi connectivity index (χ1v) is 5.62. The van der Waals surface area contributed by atoms with Crippen LogP contribution in [0.3, 0.4) is 0 Å². The maximum atomic E-state index is 13.4. The van der Waals surface area contributed by atoms with Crippen LogP contribution in [0.25, 0.3) is 0 Å². The number of nitrogens with one attached hydrogen (secondary N) is 1. The lowest BCUT2D eigenvalue weighted by Gasteiger charge is -2.09. The Kier molecular flexibility index (Phi) is 3.66. The van der Waals surface area contributed by atoms with E-state index in [0.717, 1.165) is 18.2 Å². The lowest BCUT2D eigenvalue weighted by atomic mass is 10.2. The summed E-state index contributed by atoms with van der Waals surface area (Å²) in [5.41, 5.74) is 5.72. The van der Waals surface area contributed by atoms with Crippen LogP contribution in [-0.2, 0) is 0 Å². The molecule has 6 heteroatoms. The third-order valence-corrected chi connectivity index (χ3v) is 2.65. The third-order valence-electron chi connectivity index (χ3n) is 2.36. The summed E-state index contributed by atoms with van der Waals surface area (Å²) in [5.74, 6) is -1.58. The van der Waals surface area contributed by atoms with Crippen LogP contribution in [0.2, 0.25) is 5.02 Å². The number of rotatable bonds is 3. The van der Waals surface area contributed by atoms with Crippen molar-refractivity contribution in [2.45, 2.75) is 0 Å². The quantitative estimate of drug-likeness (QED) is 0.666. The van der Waals surface area contributed by atoms with E-state index in [-0.39, 0.29) is 22.4 Å². The highest BCUT2D eigenvalue weighted by Gasteiger charge is 2.10. The van der Waals surface area contributed by atoms with Gasteiger partial charge < -0.3 is 10.5 Å². The second-order valence-corrected chi connectivity index (χ2v) is 4.14. The molecule has 0 spiro atoms. The average Bonchev–Trinajstić information content (AvgIpc) is 2.36. The zero-order valence-electron chi connectivity index (χ0n) is 9.58. The summed E-state index contributed by atoms with van der Waals surface area (Å²) < 4.78 is 31.6. The molecule has 0 fully saturated rings. The molecule has 0 unspecified atom stereocenters. The number of nitrogens with two attached hydrogens (primary N) is 1. The Morgan fingerprint density at radius 2 is 1.84 bits per heavy atom. The van der Waals surface area contributed by atoms with Crippen LogP contribution in [0.15, 0.2) is 36.4 Å². The zero-order valence-corrected chi connectivity index (χ0v) is 10.3. The Labute approximate surface area is 113 Å². The molecule has 0 aliphatic carbocycles. The molecule has 0 radical (unpaired) electrons. The van der Waals surface area contributed by atoms with Gasteiger partial charge in [0.05, 0.1) is 5.02 Å². The molecule has 2 aromatic rings. The molecule has 0 atom stereocenters. The molecule has 0 amide bonds. The van der Waals surface area contributed by atoms with Crippen LogP contribution in [0, 0.1) is 17.0 Å². The van der Waals surface area contributed by atoms with E-state index in [1.165, 1.54) is 18.2 Å². The van der Waals surface area contributed by atoms with E-state index in [4.69, 9.17) is 27.5 Å². The Morgan fingerprint density at radius 1 is 1.11 bits per heavy atom. The van der Waals surface area contributed by atoms with Gasteiger partial charge in [-0.2, -0.15) is 0 Å². The first-order chi connectivity index (χ1) is 8.97. The van der Waals surface area contributed by atoms with E-state index in [1.807, 2.05) is 0 Å². The standard InChI is InChI=1S/C13H9ClF2N2O/c14-9-5-7(13(17)18)1-4-11(9)19-12-6-8(15)2-3-10(12)16/h1-6H,(H3,17,18). The fourth-order valence-electron chi connectivity index (χ4n) is 1.43. The second-order valence-electron chi connectivity index (χ2n) is 3.74. The monoisotopic (exact) mass is 282 g/mol. The summed E-state index contributed by atoms with van der Waals surface area (Å²) in [7, 11) is 0. The number of hydrogen-bond donors (Lipinski definition) is 2. The molecule has 0 bridgehead atoms. The maximum absolute atomic E-state index is 13.4. The van der Waals surface area contributed by atoms with Crippen molar-refractivity contribution in [3.63, 3.8) is 0 Å². The molecule has 3 nitrogen and oxygen atoms in total. The van der Waals surface area contributed by atoms with Crippen molar-refractivity contribution < 1.29 is 13.5 Å². The summed E-state index contributed by atoms with van der Waals surface area (Å²) in [4.78, 5) is 0. The molecule has 0 aromatic heterocycles. The first-order valence-electron chi connectivity index (χ1n) is 5.24. The van der Waals surface area contributed by atoms with Gasteiger partial charge in [0.15, 0.2) is 11.6 Å². The predicted octanol–water partition coefficient (Wildman–Crippen LogP) is 3.69. The Bertz CT molecular complexity index is 647. The maximum Gasteiger partial charge on any atom is 0.166 e. The van der Waals surface area contributed by atoms with Crippen molar-refractivity contribution in [1.29, 1.82) is 5.41 Å². The lowest BCUT2D eigenvalue weighted by Crippen LogP contribution is -2.10. The summed E-state index contributed by atoms with van der Waals surface area (Å²) in [6.45, 7) is 0. The van der Waals surface area contributed by atoms with E-state index < -0.39 is 11.6 Å². The Hall–Kier alpha value is -2.14. The highest BCUT2D eigenvalue weighted by atomic mass is 35.5. The summed E-state index contributed by atoms with van der Waals surface area (Å²) >= 11 is 5.92. The molecule has 0 aliphatic heterocycles. The van der Waals surface area contributed by atoms with Gasteiger partial charge in [-0.15, -0.1) is 0 Å². The normalized spacial score (nSPS) is 10.3. The molecule has 2 aromatic carbocycles. The van der Waals surface area contributed by atoms with E-state index in [2.05, 4.69) is 0 Å². The zero-order chi connectivity index (χ0) is 14.0. The number of nitrogen functional groups attached to an aromatic ring is 1. The molecule has 0 saturated heterocycles. The molecular formula is C13H9ClF2N2O. The van der Waals surface area contributed by atoms with Crippen LogP contribution in [0.5, 0.6) is 11.5 Å². The largest absolute Gasteiger partial charge is 0.453 e. The van der Waals surface area contributed by atoms with Crippen molar-refractivity contribution in [3.05, 3.63) is 58.6 Å². The molecule has 19 heavy (non-hydrogen) atoms. The van der Waals surface area contributed by atoms with Crippen molar-refractivity contribution in [3.8, 4) is 11.5 Å². The van der Waals surface area contributed by atoms with E-state index in [9.17, 15) is 8.78 Å². The molecule has 0 heterocycles. The number of halogens is 3. The average molecular weight is 283 g/mol. The van der Waals surface area contributed by atoms with E-state index in [0.29, 0.717) is 5.56 Å². The van der Waals surface area contributed by atoms with Gasteiger partial charge in [0.25, 0.3) is 0 Å². The highest BCUT2D eigenvalue weighted by molar-refractivity contribution is 6.32. The van der Waals surface area contributed by atoms with Crippen LogP contribution < -0.4 is 10.5 Å². The third kappa shape index (κ3) is 3.00. The molecule has 2 rings (SSSR count). The smallest absolute Gasteiger partial charge is 0.166 e. The number of amidine groups is 1. The van der Waals surface area contributed by atoms with Gasteiger partial charge in [-0.1, -0.05) is 11.6 Å². The predicted molar refractivity (Wildman–Crippen MR) is 68.9 cm³/mol. The summed E-state index contributed by atoms with van der Waals surface area (Å²) in [6, 6.07) is 7.22. The molecular weight excluding hydrogens is 274 g/mol. The minimum absolute atomic E-state index is 0.148. The van der Waals surface area contributed by atoms with Gasteiger partial charge in [0.2, 0.25) is 0 Å². The molecule has 0 aliphatic rings. The van der Waals surface area contributed by atoms with Crippen LogP contribution in [0.4, 0.5) is 8.78 Å². The number of ether oxygens (including phenoxy) is 1.